The van der Waals surface area contributed by atoms with Gasteiger partial charge in [-0.25, -0.2) is 4.79 Å². The zero-order chi connectivity index (χ0) is 21.7. The van der Waals surface area contributed by atoms with Gasteiger partial charge < -0.3 is 24.5 Å². The number of amides is 1. The number of nitrogens with one attached hydrogen (secondary N) is 1. The molecular formula is C20H27F3N2O5. The van der Waals surface area contributed by atoms with Crippen molar-refractivity contribution < 1.29 is 37.0 Å². The van der Waals surface area contributed by atoms with Gasteiger partial charge >= 0.3 is 12.1 Å². The monoisotopic (exact) mass is 432 g/mol. The normalized spacial score (nSPS) is 26.8. The fourth-order valence-corrected chi connectivity index (χ4v) is 4.06. The molecule has 0 unspecified atom stereocenters. The lowest BCUT2D eigenvalue weighted by molar-refractivity contribution is -0.192. The Morgan fingerprint density at radius 3 is 2.57 bits per heavy atom. The molecule has 2 saturated heterocycles. The summed E-state index contributed by atoms with van der Waals surface area (Å²) in [5.41, 5.74) is 0. The smallest absolute Gasteiger partial charge is 0.475 e. The van der Waals surface area contributed by atoms with Crippen molar-refractivity contribution in [1.29, 1.82) is 0 Å². The molecule has 30 heavy (non-hydrogen) atoms. The third-order valence-corrected chi connectivity index (χ3v) is 5.76. The molecule has 1 aromatic heterocycles. The molecule has 3 aliphatic rings. The molecule has 7 nitrogen and oxygen atoms in total. The second-order valence-corrected chi connectivity index (χ2v) is 8.06. The fourth-order valence-electron chi connectivity index (χ4n) is 4.06. The molecule has 0 radical (unpaired) electrons. The topological polar surface area (TPSA) is 92.0 Å². The van der Waals surface area contributed by atoms with Gasteiger partial charge in [0.25, 0.3) is 0 Å². The average molecular weight is 432 g/mol. The Morgan fingerprint density at radius 1 is 1.23 bits per heavy atom. The zero-order valence-electron chi connectivity index (χ0n) is 16.6. The summed E-state index contributed by atoms with van der Waals surface area (Å²) in [5.74, 6) is -0.470. The number of rotatable bonds is 5. The van der Waals surface area contributed by atoms with Crippen LogP contribution in [0.1, 0.15) is 31.4 Å². The molecule has 1 amide bonds. The summed E-state index contributed by atoms with van der Waals surface area (Å²) >= 11 is 0. The second kappa shape index (κ2) is 9.82. The maximum atomic E-state index is 12.7. The van der Waals surface area contributed by atoms with E-state index < -0.39 is 12.1 Å². The number of carboxylic acid groups (broad SMARTS) is 1. The highest BCUT2D eigenvalue weighted by atomic mass is 19.4. The summed E-state index contributed by atoms with van der Waals surface area (Å²) in [6.45, 7) is 4.54. The van der Waals surface area contributed by atoms with Crippen molar-refractivity contribution in [1.82, 2.24) is 10.2 Å². The van der Waals surface area contributed by atoms with Crippen molar-refractivity contribution in [2.75, 3.05) is 26.2 Å². The summed E-state index contributed by atoms with van der Waals surface area (Å²) in [6, 6.07) is 3.74. The Bertz CT molecular complexity index is 706. The minimum atomic E-state index is -5.08. The SMILES string of the molecule is O=C(NCc1ccco1)[C@@H]1CCO[C@@H]2CCN(CC3CC3)C[C@@H]21.O=C(O)C(F)(F)F. The number of furan rings is 1. The Kier molecular flexibility index (Phi) is 7.41. The molecule has 2 N–H and O–H groups in total. The molecule has 3 heterocycles. The lowest BCUT2D eigenvalue weighted by Crippen LogP contribution is -2.53. The number of aliphatic carboxylic acids is 1. The van der Waals surface area contributed by atoms with E-state index in [4.69, 9.17) is 19.1 Å². The van der Waals surface area contributed by atoms with Gasteiger partial charge in [-0.05, 0) is 43.7 Å². The molecule has 0 aromatic carbocycles. The van der Waals surface area contributed by atoms with Crippen LogP contribution in [0.15, 0.2) is 22.8 Å². The molecule has 2 aliphatic heterocycles. The molecule has 0 bridgehead atoms. The largest absolute Gasteiger partial charge is 0.490 e. The van der Waals surface area contributed by atoms with Gasteiger partial charge in [0, 0.05) is 38.1 Å². The molecule has 1 aromatic rings. The van der Waals surface area contributed by atoms with E-state index in [9.17, 15) is 18.0 Å². The molecule has 1 aliphatic carbocycles. The quantitative estimate of drug-likeness (QED) is 0.743. The van der Waals surface area contributed by atoms with Crippen LogP contribution >= 0.6 is 0 Å². The van der Waals surface area contributed by atoms with Crippen molar-refractivity contribution in [2.24, 2.45) is 17.8 Å². The summed E-state index contributed by atoms with van der Waals surface area (Å²) in [7, 11) is 0. The molecule has 168 valence electrons. The van der Waals surface area contributed by atoms with Crippen molar-refractivity contribution in [3.8, 4) is 0 Å². The Morgan fingerprint density at radius 2 is 1.97 bits per heavy atom. The number of piperidine rings is 1. The van der Waals surface area contributed by atoms with Gasteiger partial charge in [-0.2, -0.15) is 13.2 Å². The standard InChI is InChI=1S/C18H26N2O3.C2HF3O2/c21-18(19-10-14-2-1-8-22-14)15-6-9-23-17-5-7-20(12-16(15)17)11-13-3-4-13;3-2(4,5)1(6)7/h1-2,8,13,15-17H,3-7,9-12H2,(H,19,21);(H,6,7)/t15-,16-,17-;/m1./s1. The van der Waals surface area contributed by atoms with Crippen LogP contribution in [0.25, 0.3) is 0 Å². The number of likely N-dealkylation sites (tertiary alicyclic amines) is 1. The van der Waals surface area contributed by atoms with Gasteiger partial charge in [-0.15, -0.1) is 0 Å². The number of carbonyl (C=O) groups is 2. The van der Waals surface area contributed by atoms with Gasteiger partial charge in [0.2, 0.25) is 5.91 Å². The predicted molar refractivity (Wildman–Crippen MR) is 99.4 cm³/mol. The summed E-state index contributed by atoms with van der Waals surface area (Å²) < 4.78 is 43.0. The van der Waals surface area contributed by atoms with Crippen LogP contribution in [0.3, 0.4) is 0 Å². The second-order valence-electron chi connectivity index (χ2n) is 8.06. The van der Waals surface area contributed by atoms with Gasteiger partial charge in [-0.3, -0.25) is 4.79 Å². The van der Waals surface area contributed by atoms with Gasteiger partial charge in [-0.1, -0.05) is 0 Å². The number of halogens is 3. The number of fused-ring (bicyclic) bond motifs is 1. The van der Waals surface area contributed by atoms with E-state index in [0.717, 1.165) is 37.6 Å². The molecule has 3 fully saturated rings. The van der Waals surface area contributed by atoms with Gasteiger partial charge in [0.15, 0.2) is 0 Å². The van der Waals surface area contributed by atoms with E-state index in [-0.39, 0.29) is 17.9 Å². The van der Waals surface area contributed by atoms with Crippen LogP contribution in [0.5, 0.6) is 0 Å². The van der Waals surface area contributed by atoms with E-state index in [0.29, 0.717) is 19.1 Å². The minimum Gasteiger partial charge on any atom is -0.475 e. The molecule has 3 atom stereocenters. The summed E-state index contributed by atoms with van der Waals surface area (Å²) in [4.78, 5) is 24.1. The number of carbonyl (C=O) groups excluding carboxylic acids is 1. The van der Waals surface area contributed by atoms with E-state index in [1.807, 2.05) is 12.1 Å². The first kappa shape index (κ1) is 22.6. The minimum absolute atomic E-state index is 0.0747. The maximum absolute atomic E-state index is 12.7. The average Bonchev–Trinajstić information content (AvgIpc) is 3.36. The molecule has 4 rings (SSSR count). The third-order valence-electron chi connectivity index (χ3n) is 5.76. The number of nitrogens with zero attached hydrogens (tertiary/aromatic N) is 1. The predicted octanol–water partition coefficient (Wildman–Crippen LogP) is 2.67. The number of carboxylic acids is 1. The van der Waals surface area contributed by atoms with E-state index >= 15 is 0 Å². The third kappa shape index (κ3) is 6.46. The number of hydrogen-bond acceptors (Lipinski definition) is 5. The van der Waals surface area contributed by atoms with Crippen LogP contribution in [0.4, 0.5) is 13.2 Å². The lowest BCUT2D eigenvalue weighted by atomic mass is 9.79. The maximum Gasteiger partial charge on any atom is 0.490 e. The fraction of sp³-hybridized carbons (Fsp3) is 0.700. The Balaban J connectivity index is 0.000000318. The zero-order valence-corrected chi connectivity index (χ0v) is 16.6. The number of hydrogen-bond donors (Lipinski definition) is 2. The molecular weight excluding hydrogens is 405 g/mol. The highest BCUT2D eigenvalue weighted by Crippen LogP contribution is 2.36. The lowest BCUT2D eigenvalue weighted by Gasteiger charge is -2.44. The van der Waals surface area contributed by atoms with Crippen molar-refractivity contribution in [3.05, 3.63) is 24.2 Å². The first-order chi connectivity index (χ1) is 14.2. The summed E-state index contributed by atoms with van der Waals surface area (Å²) in [5, 5.41) is 10.2. The van der Waals surface area contributed by atoms with E-state index in [1.165, 1.54) is 19.4 Å². The summed E-state index contributed by atoms with van der Waals surface area (Å²) in [6.07, 6.45) is 1.49. The molecule has 10 heteroatoms. The molecule has 1 saturated carbocycles. The van der Waals surface area contributed by atoms with Crippen LogP contribution in [-0.4, -0.2) is 60.4 Å². The Hall–Kier alpha value is -2.07. The van der Waals surface area contributed by atoms with Crippen molar-refractivity contribution in [2.45, 2.75) is 44.5 Å². The van der Waals surface area contributed by atoms with Gasteiger partial charge in [0.1, 0.15) is 5.76 Å². The van der Waals surface area contributed by atoms with Crippen LogP contribution < -0.4 is 5.32 Å². The Labute approximate surface area is 172 Å². The van der Waals surface area contributed by atoms with Crippen LogP contribution in [-0.2, 0) is 20.9 Å². The highest BCUT2D eigenvalue weighted by Gasteiger charge is 2.42. The van der Waals surface area contributed by atoms with Crippen LogP contribution in [0.2, 0.25) is 0 Å². The van der Waals surface area contributed by atoms with Gasteiger partial charge in [0.05, 0.1) is 18.9 Å². The van der Waals surface area contributed by atoms with Crippen molar-refractivity contribution >= 4 is 11.9 Å². The number of alkyl halides is 3. The van der Waals surface area contributed by atoms with Crippen LogP contribution in [0, 0.1) is 17.8 Å². The highest BCUT2D eigenvalue weighted by molar-refractivity contribution is 5.79. The van der Waals surface area contributed by atoms with E-state index in [2.05, 4.69) is 10.2 Å². The number of ether oxygens (including phenoxy) is 1. The molecule has 0 spiro atoms. The van der Waals surface area contributed by atoms with E-state index in [1.54, 1.807) is 6.26 Å². The first-order valence-electron chi connectivity index (χ1n) is 10.2. The van der Waals surface area contributed by atoms with Crippen molar-refractivity contribution in [3.63, 3.8) is 0 Å². The first-order valence-corrected chi connectivity index (χ1v) is 10.2.